The van der Waals surface area contributed by atoms with Gasteiger partial charge in [-0.25, -0.2) is 9.67 Å². The molecule has 6 heteroatoms. The van der Waals surface area contributed by atoms with Gasteiger partial charge in [-0.3, -0.25) is 4.79 Å². The van der Waals surface area contributed by atoms with Crippen molar-refractivity contribution in [1.82, 2.24) is 20.1 Å². The van der Waals surface area contributed by atoms with Crippen molar-refractivity contribution in [1.29, 1.82) is 0 Å². The van der Waals surface area contributed by atoms with E-state index in [-0.39, 0.29) is 12.5 Å². The van der Waals surface area contributed by atoms with Crippen LogP contribution in [0.1, 0.15) is 37.0 Å². The van der Waals surface area contributed by atoms with Crippen LogP contribution >= 0.6 is 0 Å². The van der Waals surface area contributed by atoms with Gasteiger partial charge >= 0.3 is 0 Å². The molecule has 2 aromatic heterocycles. The maximum Gasteiger partial charge on any atom is 0.255 e. The normalized spacial score (nSPS) is 11.4. The second-order valence-electron chi connectivity index (χ2n) is 4.94. The number of hydrogen-bond donors (Lipinski definition) is 2. The monoisotopic (exact) mass is 288 g/mol. The van der Waals surface area contributed by atoms with Crippen LogP contribution in [0.5, 0.6) is 0 Å². The summed E-state index contributed by atoms with van der Waals surface area (Å²) in [6.07, 6.45) is 6.14. The molecule has 2 rings (SSSR count). The van der Waals surface area contributed by atoms with E-state index in [1.165, 1.54) is 0 Å². The van der Waals surface area contributed by atoms with E-state index >= 15 is 0 Å². The number of carbonyl (C=O) groups excluding carboxylic acids is 1. The van der Waals surface area contributed by atoms with Crippen LogP contribution in [-0.4, -0.2) is 37.9 Å². The van der Waals surface area contributed by atoms with Crippen LogP contribution in [0.3, 0.4) is 0 Å². The average Bonchev–Trinajstić information content (AvgIpc) is 3.06. The first-order chi connectivity index (χ1) is 10.1. The fourth-order valence-electron chi connectivity index (χ4n) is 1.99. The summed E-state index contributed by atoms with van der Waals surface area (Å²) in [6.45, 7) is 4.01. The minimum Gasteiger partial charge on any atom is -0.388 e. The minimum atomic E-state index is -0.871. The second-order valence-corrected chi connectivity index (χ2v) is 4.94. The van der Waals surface area contributed by atoms with Crippen molar-refractivity contribution in [3.63, 3.8) is 0 Å². The molecular formula is C15H20N4O2. The number of carbonyl (C=O) groups is 1. The van der Waals surface area contributed by atoms with E-state index in [1.807, 2.05) is 13.8 Å². The Morgan fingerprint density at radius 2 is 2.10 bits per heavy atom. The molecule has 0 unspecified atom stereocenters. The number of amides is 1. The molecule has 6 nitrogen and oxygen atoms in total. The van der Waals surface area contributed by atoms with Gasteiger partial charge in [0.1, 0.15) is 0 Å². The van der Waals surface area contributed by atoms with Crippen LogP contribution in [0.4, 0.5) is 0 Å². The highest BCUT2D eigenvalue weighted by Gasteiger charge is 2.24. The Bertz CT molecular complexity index is 591. The topological polar surface area (TPSA) is 80.0 Å². The molecule has 0 aromatic carbocycles. The molecule has 2 aromatic rings. The number of hydrogen-bond acceptors (Lipinski definition) is 4. The molecule has 0 saturated carbocycles. The van der Waals surface area contributed by atoms with Gasteiger partial charge < -0.3 is 10.4 Å². The molecule has 0 fully saturated rings. The Morgan fingerprint density at radius 1 is 1.33 bits per heavy atom. The number of aliphatic hydroxyl groups is 1. The van der Waals surface area contributed by atoms with Crippen molar-refractivity contribution in [3.05, 3.63) is 42.4 Å². The minimum absolute atomic E-state index is 0.215. The molecule has 1 amide bonds. The fourth-order valence-corrected chi connectivity index (χ4v) is 1.99. The van der Waals surface area contributed by atoms with Crippen LogP contribution in [0.25, 0.3) is 5.82 Å². The molecule has 21 heavy (non-hydrogen) atoms. The van der Waals surface area contributed by atoms with Gasteiger partial charge in [0.15, 0.2) is 5.82 Å². The van der Waals surface area contributed by atoms with E-state index in [2.05, 4.69) is 15.4 Å². The van der Waals surface area contributed by atoms with E-state index in [0.29, 0.717) is 24.2 Å². The van der Waals surface area contributed by atoms with Crippen molar-refractivity contribution in [2.24, 2.45) is 0 Å². The zero-order chi connectivity index (χ0) is 15.3. The predicted molar refractivity (Wildman–Crippen MR) is 79.2 cm³/mol. The van der Waals surface area contributed by atoms with Gasteiger partial charge in [0.2, 0.25) is 0 Å². The summed E-state index contributed by atoms with van der Waals surface area (Å²) in [7, 11) is 0. The lowest BCUT2D eigenvalue weighted by molar-refractivity contribution is 0.0314. The van der Waals surface area contributed by atoms with Crippen molar-refractivity contribution in [2.45, 2.75) is 32.3 Å². The maximum absolute atomic E-state index is 12.3. The molecule has 2 N–H and O–H groups in total. The quantitative estimate of drug-likeness (QED) is 0.845. The van der Waals surface area contributed by atoms with Gasteiger partial charge in [-0.05, 0) is 31.0 Å². The van der Waals surface area contributed by atoms with Crippen molar-refractivity contribution >= 4 is 5.91 Å². The highest BCUT2D eigenvalue weighted by atomic mass is 16.3. The molecule has 0 aliphatic rings. The Kier molecular flexibility index (Phi) is 4.70. The van der Waals surface area contributed by atoms with Crippen LogP contribution < -0.4 is 5.32 Å². The van der Waals surface area contributed by atoms with Gasteiger partial charge in [0.25, 0.3) is 5.91 Å². The molecule has 0 aliphatic heterocycles. The molecule has 112 valence electrons. The van der Waals surface area contributed by atoms with Gasteiger partial charge in [-0.2, -0.15) is 5.10 Å². The molecule has 0 spiro atoms. The molecule has 2 heterocycles. The first-order valence-corrected chi connectivity index (χ1v) is 7.05. The molecule has 0 atom stereocenters. The second kappa shape index (κ2) is 6.49. The van der Waals surface area contributed by atoms with E-state index in [0.717, 1.165) is 0 Å². The van der Waals surface area contributed by atoms with Crippen LogP contribution in [0, 0.1) is 0 Å². The van der Waals surface area contributed by atoms with Crippen LogP contribution in [0.2, 0.25) is 0 Å². The van der Waals surface area contributed by atoms with Gasteiger partial charge in [0, 0.05) is 25.1 Å². The molecule has 0 bridgehead atoms. The SMILES string of the molecule is CCC(O)(CC)CNC(=O)c1cccnc1-n1cccn1. The summed E-state index contributed by atoms with van der Waals surface area (Å²) in [4.78, 5) is 16.5. The highest BCUT2D eigenvalue weighted by Crippen LogP contribution is 2.14. The zero-order valence-corrected chi connectivity index (χ0v) is 12.3. The Hall–Kier alpha value is -2.21. The summed E-state index contributed by atoms with van der Waals surface area (Å²) < 4.78 is 1.54. The van der Waals surface area contributed by atoms with Crippen LogP contribution in [0.15, 0.2) is 36.8 Å². The lowest BCUT2D eigenvalue weighted by Crippen LogP contribution is -2.42. The summed E-state index contributed by atoms with van der Waals surface area (Å²) >= 11 is 0. The Morgan fingerprint density at radius 3 is 2.71 bits per heavy atom. The van der Waals surface area contributed by atoms with Crippen molar-refractivity contribution < 1.29 is 9.90 Å². The van der Waals surface area contributed by atoms with Gasteiger partial charge in [-0.1, -0.05) is 13.8 Å². The number of aromatic nitrogens is 3. The number of pyridine rings is 1. The fraction of sp³-hybridized carbons (Fsp3) is 0.400. The van der Waals surface area contributed by atoms with Gasteiger partial charge in [0.05, 0.1) is 11.2 Å². The van der Waals surface area contributed by atoms with E-state index in [9.17, 15) is 9.90 Å². The molecule has 0 aliphatic carbocycles. The largest absolute Gasteiger partial charge is 0.388 e. The van der Waals surface area contributed by atoms with Crippen LogP contribution in [-0.2, 0) is 0 Å². The number of nitrogens with one attached hydrogen (secondary N) is 1. The Balaban J connectivity index is 2.17. The van der Waals surface area contributed by atoms with Gasteiger partial charge in [-0.15, -0.1) is 0 Å². The molecule has 0 radical (unpaired) electrons. The van der Waals surface area contributed by atoms with E-state index < -0.39 is 5.60 Å². The first kappa shape index (κ1) is 15.2. The lowest BCUT2D eigenvalue weighted by atomic mass is 9.97. The highest BCUT2D eigenvalue weighted by molar-refractivity contribution is 5.97. The van der Waals surface area contributed by atoms with Crippen molar-refractivity contribution in [2.75, 3.05) is 6.54 Å². The standard InChI is InChI=1S/C15H20N4O2/c1-3-15(21,4-2)11-17-14(20)12-7-5-8-16-13(12)19-10-6-9-18-19/h5-10,21H,3-4,11H2,1-2H3,(H,17,20). The third-order valence-electron chi connectivity index (χ3n) is 3.65. The average molecular weight is 288 g/mol. The smallest absolute Gasteiger partial charge is 0.255 e. The third-order valence-corrected chi connectivity index (χ3v) is 3.65. The number of nitrogens with zero attached hydrogens (tertiary/aromatic N) is 3. The molecular weight excluding hydrogens is 268 g/mol. The maximum atomic E-state index is 12.3. The summed E-state index contributed by atoms with van der Waals surface area (Å²) in [5.41, 5.74) is -0.445. The summed E-state index contributed by atoms with van der Waals surface area (Å²) in [6, 6.07) is 5.16. The summed E-state index contributed by atoms with van der Waals surface area (Å²) in [5, 5.41) is 17.1. The molecule has 0 saturated heterocycles. The Labute approximate surface area is 123 Å². The first-order valence-electron chi connectivity index (χ1n) is 7.05. The predicted octanol–water partition coefficient (Wildman–Crippen LogP) is 1.55. The zero-order valence-electron chi connectivity index (χ0n) is 12.3. The lowest BCUT2D eigenvalue weighted by Gasteiger charge is -2.25. The third kappa shape index (κ3) is 3.46. The summed E-state index contributed by atoms with van der Waals surface area (Å²) in [5.74, 6) is 0.200. The van der Waals surface area contributed by atoms with E-state index in [1.54, 1.807) is 41.5 Å². The van der Waals surface area contributed by atoms with E-state index in [4.69, 9.17) is 0 Å². The van der Waals surface area contributed by atoms with Crippen molar-refractivity contribution in [3.8, 4) is 5.82 Å². The number of rotatable bonds is 6.